The van der Waals surface area contributed by atoms with Gasteiger partial charge in [0.2, 0.25) is 17.7 Å². The zero-order valence-corrected chi connectivity index (χ0v) is 33.4. The van der Waals surface area contributed by atoms with Crippen molar-refractivity contribution < 1.29 is 28.7 Å². The van der Waals surface area contributed by atoms with Gasteiger partial charge in [-0.1, -0.05) is 37.1 Å². The first-order valence-corrected chi connectivity index (χ1v) is 19.2. The van der Waals surface area contributed by atoms with Crippen LogP contribution in [0.15, 0.2) is 60.8 Å². The number of carbonyl (C=O) groups excluding carboxylic acids is 4. The Morgan fingerprint density at radius 3 is 2.43 bits per heavy atom. The highest BCUT2D eigenvalue weighted by molar-refractivity contribution is 6.31. The van der Waals surface area contributed by atoms with Crippen molar-refractivity contribution in [1.82, 2.24) is 25.4 Å². The summed E-state index contributed by atoms with van der Waals surface area (Å²) in [6.45, 7) is 7.18. The fraction of sp³-hybridized carbons (Fsp3) is 0.415. The number of halogens is 1. The van der Waals surface area contributed by atoms with E-state index in [1.165, 1.54) is 19.7 Å². The van der Waals surface area contributed by atoms with Crippen molar-refractivity contribution in [3.8, 4) is 11.5 Å². The van der Waals surface area contributed by atoms with Crippen molar-refractivity contribution in [3.63, 3.8) is 0 Å². The first kappa shape index (κ1) is 41.7. The summed E-state index contributed by atoms with van der Waals surface area (Å²) in [7, 11) is 3.03. The lowest BCUT2D eigenvalue weighted by Gasteiger charge is -2.39. The number of anilines is 2. The minimum absolute atomic E-state index is 0.0567. The van der Waals surface area contributed by atoms with Gasteiger partial charge in [0.05, 0.1) is 43.5 Å². The number of aromatic nitrogens is 1. The number of nitrogen functional groups attached to an aromatic ring is 2. The van der Waals surface area contributed by atoms with E-state index in [1.807, 2.05) is 44.2 Å². The summed E-state index contributed by atoms with van der Waals surface area (Å²) in [5.74, 6) is 4.46. The number of likely N-dealkylation sites (tertiary alicyclic amines) is 2. The molecule has 8 N–H and O–H groups in total. The number of methoxy groups -OCH3 is 1. The number of aryl methyl sites for hydroxylation is 1. The molecule has 1 aromatic heterocycles. The van der Waals surface area contributed by atoms with Gasteiger partial charge in [-0.3, -0.25) is 25.0 Å². The molecule has 14 nitrogen and oxygen atoms in total. The number of benzene rings is 3. The Hall–Kier alpha value is -5.47. The SMILES string of the molecule is CCCc1ccc(NN)c(N)c1.CNC(=O)CNC(=O)C1CN(C(=O)Cc2c[nH]c3cc(Cl)ccc23)CC2CN(C(=O)c3ccc(OC(C)C)c(OC)c3)CC21. The molecule has 2 aliphatic heterocycles. The van der Waals surface area contributed by atoms with Crippen LogP contribution in [0.2, 0.25) is 5.02 Å². The van der Waals surface area contributed by atoms with Crippen LogP contribution in [0.1, 0.15) is 48.7 Å². The number of ether oxygens (including phenoxy) is 2. The molecule has 4 aromatic rings. The van der Waals surface area contributed by atoms with Crippen molar-refractivity contribution in [2.75, 3.05) is 58.0 Å². The second kappa shape index (κ2) is 18.9. The van der Waals surface area contributed by atoms with Crippen molar-refractivity contribution in [1.29, 1.82) is 0 Å². The Bertz CT molecular complexity index is 2040. The van der Waals surface area contributed by atoms with Gasteiger partial charge in [-0.05, 0) is 85.7 Å². The standard InChI is InChI=1S/C32H38ClN5O6.C9H15N3/c1-18(2)44-27-8-5-19(9-28(27)43-4)32(42)38-15-21-14-37(17-25(24(21)16-38)31(41)36-13-29(39)34-3)30(40)10-20-12-35-26-11-22(33)6-7-23(20)26;1-2-3-7-4-5-9(12-11)8(10)6-7/h5-9,11-12,18,21,24-25,35H,10,13-17H2,1-4H3,(H,34,39)(H,36,41);4-6,12H,2-3,10-11H2,1H3. The highest BCUT2D eigenvalue weighted by Gasteiger charge is 2.48. The molecule has 0 spiro atoms. The number of H-pyrrole nitrogens is 1. The van der Waals surface area contributed by atoms with E-state index in [0.29, 0.717) is 47.4 Å². The highest BCUT2D eigenvalue weighted by atomic mass is 35.5. The van der Waals surface area contributed by atoms with Crippen LogP contribution >= 0.6 is 11.6 Å². The summed E-state index contributed by atoms with van der Waals surface area (Å²) in [5, 5.41) is 6.74. The number of nitrogens with two attached hydrogens (primary N) is 2. The molecule has 3 atom stereocenters. The lowest BCUT2D eigenvalue weighted by Crippen LogP contribution is -2.54. The number of aromatic amines is 1. The van der Waals surface area contributed by atoms with Gasteiger partial charge in [-0.15, -0.1) is 0 Å². The van der Waals surface area contributed by atoms with Crippen molar-refractivity contribution in [2.45, 2.75) is 46.1 Å². The van der Waals surface area contributed by atoms with E-state index in [4.69, 9.17) is 32.7 Å². The molecule has 0 saturated carbocycles. The van der Waals surface area contributed by atoms with Crippen LogP contribution in [-0.2, 0) is 27.2 Å². The lowest BCUT2D eigenvalue weighted by molar-refractivity contribution is -0.139. The maximum atomic E-state index is 13.7. The number of fused-ring (bicyclic) bond motifs is 2. The first-order valence-electron chi connectivity index (χ1n) is 18.9. The minimum Gasteiger partial charge on any atom is -0.493 e. The second-order valence-corrected chi connectivity index (χ2v) is 14.9. The molecule has 2 aliphatic rings. The summed E-state index contributed by atoms with van der Waals surface area (Å²) < 4.78 is 11.3. The summed E-state index contributed by atoms with van der Waals surface area (Å²) >= 11 is 6.12. The number of nitrogens with zero attached hydrogens (tertiary/aromatic N) is 2. The number of nitrogens with one attached hydrogen (secondary N) is 4. The fourth-order valence-corrected chi connectivity index (χ4v) is 7.58. The second-order valence-electron chi connectivity index (χ2n) is 14.5. The number of likely N-dealkylation sites (N-methyl/N-ethyl adjacent to an activating group) is 1. The fourth-order valence-electron chi connectivity index (χ4n) is 7.41. The molecule has 0 bridgehead atoms. The number of carbonyl (C=O) groups is 4. The third-order valence-corrected chi connectivity index (χ3v) is 10.4. The van der Waals surface area contributed by atoms with Gasteiger partial charge in [-0.25, -0.2) is 0 Å². The van der Waals surface area contributed by atoms with E-state index in [-0.39, 0.29) is 61.1 Å². The molecule has 3 heterocycles. The molecule has 4 amide bonds. The van der Waals surface area contributed by atoms with Crippen LogP contribution in [0, 0.1) is 17.8 Å². The van der Waals surface area contributed by atoms with Crippen molar-refractivity contribution in [3.05, 3.63) is 82.5 Å². The van der Waals surface area contributed by atoms with E-state index in [2.05, 4.69) is 28.0 Å². The molecule has 2 saturated heterocycles. The molecule has 6 rings (SSSR count). The predicted octanol–water partition coefficient (Wildman–Crippen LogP) is 4.38. The number of rotatable bonds is 12. The number of amides is 4. The van der Waals surface area contributed by atoms with Crippen LogP contribution < -0.4 is 37.1 Å². The Morgan fingerprint density at radius 1 is 0.982 bits per heavy atom. The molecular weight excluding hydrogens is 736 g/mol. The number of hydrogen-bond acceptors (Lipinski definition) is 9. The summed E-state index contributed by atoms with van der Waals surface area (Å²) in [6.07, 6.45) is 4.10. The normalized spacial score (nSPS) is 17.5. The van der Waals surface area contributed by atoms with E-state index in [9.17, 15) is 19.2 Å². The summed E-state index contributed by atoms with van der Waals surface area (Å²) in [5.41, 5.74) is 13.1. The molecule has 0 aliphatic carbocycles. The van der Waals surface area contributed by atoms with Gasteiger partial charge in [0.1, 0.15) is 0 Å². The Labute approximate surface area is 332 Å². The molecule has 15 heteroatoms. The molecule has 56 heavy (non-hydrogen) atoms. The zero-order chi connectivity index (χ0) is 40.5. The quantitative estimate of drug-likeness (QED) is 0.0686. The predicted molar refractivity (Wildman–Crippen MR) is 218 cm³/mol. The highest BCUT2D eigenvalue weighted by Crippen LogP contribution is 2.37. The van der Waals surface area contributed by atoms with Gasteiger partial charge in [-0.2, -0.15) is 0 Å². The van der Waals surface area contributed by atoms with Crippen molar-refractivity contribution >= 4 is 57.5 Å². The topological polar surface area (TPSA) is 197 Å². The Morgan fingerprint density at radius 2 is 1.75 bits per heavy atom. The third kappa shape index (κ3) is 10.0. The minimum atomic E-state index is -0.585. The van der Waals surface area contributed by atoms with Crippen LogP contribution in [-0.4, -0.2) is 91.4 Å². The van der Waals surface area contributed by atoms with Gasteiger partial charge < -0.3 is 46.1 Å². The Kier molecular flexibility index (Phi) is 14.1. The van der Waals surface area contributed by atoms with E-state index in [0.717, 1.165) is 35.0 Å². The Balaban J connectivity index is 0.000000427. The van der Waals surface area contributed by atoms with Crippen LogP contribution in [0.5, 0.6) is 11.5 Å². The summed E-state index contributed by atoms with van der Waals surface area (Å²) in [4.78, 5) is 59.2. The first-order chi connectivity index (χ1) is 26.8. The van der Waals surface area contributed by atoms with Crippen LogP contribution in [0.25, 0.3) is 10.9 Å². The van der Waals surface area contributed by atoms with Gasteiger partial charge in [0.25, 0.3) is 5.91 Å². The van der Waals surface area contributed by atoms with E-state index < -0.39 is 5.92 Å². The summed E-state index contributed by atoms with van der Waals surface area (Å²) in [6, 6.07) is 16.5. The van der Waals surface area contributed by atoms with Crippen LogP contribution in [0.3, 0.4) is 0 Å². The van der Waals surface area contributed by atoms with E-state index in [1.54, 1.807) is 40.3 Å². The zero-order valence-electron chi connectivity index (χ0n) is 32.6. The molecular formula is C41H53ClN8O6. The van der Waals surface area contributed by atoms with Crippen LogP contribution in [0.4, 0.5) is 11.4 Å². The molecule has 3 aromatic carbocycles. The molecule has 2 fully saturated rings. The average molecular weight is 789 g/mol. The number of piperidine rings is 1. The molecule has 3 unspecified atom stereocenters. The van der Waals surface area contributed by atoms with Gasteiger partial charge in [0.15, 0.2) is 11.5 Å². The number of hydrogen-bond donors (Lipinski definition) is 6. The largest absolute Gasteiger partial charge is 0.493 e. The number of hydrazine groups is 1. The van der Waals surface area contributed by atoms with Gasteiger partial charge >= 0.3 is 0 Å². The molecule has 0 radical (unpaired) electrons. The van der Waals surface area contributed by atoms with E-state index >= 15 is 0 Å². The maximum absolute atomic E-state index is 13.7. The van der Waals surface area contributed by atoms with Gasteiger partial charge in [0, 0.05) is 60.9 Å². The smallest absolute Gasteiger partial charge is 0.254 e. The monoisotopic (exact) mass is 788 g/mol. The lowest BCUT2D eigenvalue weighted by atomic mass is 9.79. The molecule has 300 valence electrons. The van der Waals surface area contributed by atoms with Crippen molar-refractivity contribution in [2.24, 2.45) is 23.6 Å². The third-order valence-electron chi connectivity index (χ3n) is 10.2. The maximum Gasteiger partial charge on any atom is 0.254 e. The average Bonchev–Trinajstić information content (AvgIpc) is 3.80.